The van der Waals surface area contributed by atoms with Crippen LogP contribution in [0.15, 0.2) is 30.3 Å². The van der Waals surface area contributed by atoms with Gasteiger partial charge >= 0.3 is 0 Å². The first kappa shape index (κ1) is 22.4. The van der Waals surface area contributed by atoms with Crippen LogP contribution in [0, 0.1) is 15.5 Å². The summed E-state index contributed by atoms with van der Waals surface area (Å²) in [4.78, 5) is 22.7. The van der Waals surface area contributed by atoms with Crippen LogP contribution in [0.2, 0.25) is 0 Å². The molecule has 0 aromatic heterocycles. The lowest BCUT2D eigenvalue weighted by Crippen LogP contribution is -2.50. The Labute approximate surface area is 151 Å². The highest BCUT2D eigenvalue weighted by Gasteiger charge is 2.24. The lowest BCUT2D eigenvalue weighted by Gasteiger charge is -2.18. The molecule has 0 heterocycles. The highest BCUT2D eigenvalue weighted by molar-refractivity contribution is 5.85. The van der Waals surface area contributed by atoms with E-state index >= 15 is 0 Å². The van der Waals surface area contributed by atoms with Crippen LogP contribution in [-0.4, -0.2) is 40.8 Å². The van der Waals surface area contributed by atoms with Gasteiger partial charge in [-0.05, 0) is 18.4 Å². The van der Waals surface area contributed by atoms with E-state index in [1.165, 1.54) is 0 Å². The van der Waals surface area contributed by atoms with Crippen LogP contribution in [-0.2, 0) is 11.2 Å². The number of aliphatic hydroxyl groups is 1. The summed E-state index contributed by atoms with van der Waals surface area (Å²) < 4.78 is 0. The Balaban J connectivity index is 0.00000576. The molecule has 0 bridgehead atoms. The number of hydrogen-bond acceptors (Lipinski definition) is 5. The van der Waals surface area contributed by atoms with Gasteiger partial charge in [-0.3, -0.25) is 10.2 Å². The minimum absolute atomic E-state index is 0. The van der Waals surface area contributed by atoms with Gasteiger partial charge in [-0.25, -0.2) is 10.1 Å². The molecular weight excluding hydrogens is 352 g/mol. The van der Waals surface area contributed by atoms with Gasteiger partial charge in [0.1, 0.15) is 6.23 Å². The van der Waals surface area contributed by atoms with Crippen LogP contribution >= 0.6 is 12.4 Å². The van der Waals surface area contributed by atoms with Gasteiger partial charge < -0.3 is 21.5 Å². The molecule has 2 atom stereocenters. The molecule has 0 aliphatic rings. The minimum atomic E-state index is -1.15. The molecule has 1 unspecified atom stereocenters. The molecule has 25 heavy (non-hydrogen) atoms. The van der Waals surface area contributed by atoms with Crippen molar-refractivity contribution in [3.8, 4) is 0 Å². The van der Waals surface area contributed by atoms with Crippen molar-refractivity contribution >= 4 is 24.3 Å². The smallest absolute Gasteiger partial charge is 0.250 e. The van der Waals surface area contributed by atoms with Crippen LogP contribution in [0.4, 0.5) is 0 Å². The number of nitrogens with one attached hydrogen (secondary N) is 4. The van der Waals surface area contributed by atoms with Gasteiger partial charge in [0.2, 0.25) is 5.91 Å². The van der Waals surface area contributed by atoms with Crippen LogP contribution < -0.4 is 21.8 Å². The summed E-state index contributed by atoms with van der Waals surface area (Å²) in [6.07, 6.45) is -0.423. The predicted molar refractivity (Wildman–Crippen MR) is 94.6 cm³/mol. The molecule has 7 N–H and O–H groups in total. The van der Waals surface area contributed by atoms with Gasteiger partial charge in [-0.1, -0.05) is 30.3 Å². The van der Waals surface area contributed by atoms with Crippen molar-refractivity contribution in [1.82, 2.24) is 16.1 Å². The van der Waals surface area contributed by atoms with Gasteiger partial charge in [0, 0.05) is 13.0 Å². The molecule has 0 aliphatic carbocycles. The first-order valence-electron chi connectivity index (χ1n) is 7.39. The van der Waals surface area contributed by atoms with E-state index in [9.17, 15) is 20.0 Å². The third-order valence-electron chi connectivity index (χ3n) is 3.14. The normalized spacial score (nSPS) is 12.2. The molecule has 1 aromatic carbocycles. The van der Waals surface area contributed by atoms with E-state index < -0.39 is 23.2 Å². The van der Waals surface area contributed by atoms with E-state index in [-0.39, 0.29) is 31.2 Å². The summed E-state index contributed by atoms with van der Waals surface area (Å²) in [5.41, 5.74) is 7.88. The summed E-state index contributed by atoms with van der Waals surface area (Å²) in [6.45, 7) is 0.311. The minimum Gasteiger partial charge on any atom is -0.373 e. The SMILES string of the molecule is Cl.N=C(N)NCCC[C@H](N[N+](=O)[O-])C(=O)NC(O)Cc1ccccc1. The van der Waals surface area contributed by atoms with Crippen molar-refractivity contribution in [2.75, 3.05) is 6.54 Å². The Morgan fingerprint density at radius 2 is 2.00 bits per heavy atom. The Kier molecular flexibility index (Phi) is 10.6. The summed E-state index contributed by atoms with van der Waals surface area (Å²) >= 11 is 0. The molecule has 140 valence electrons. The van der Waals surface area contributed by atoms with Gasteiger partial charge in [0.15, 0.2) is 17.0 Å². The molecule has 0 spiro atoms. The molecule has 0 saturated carbocycles. The zero-order valence-corrected chi connectivity index (χ0v) is 14.3. The Hall–Kier alpha value is -2.59. The molecule has 10 nitrogen and oxygen atoms in total. The number of rotatable bonds is 10. The summed E-state index contributed by atoms with van der Waals surface area (Å²) in [5, 5.41) is 31.6. The number of nitrogens with zero attached hydrogens (tertiary/aromatic N) is 1. The second-order valence-electron chi connectivity index (χ2n) is 5.14. The average molecular weight is 375 g/mol. The van der Waals surface area contributed by atoms with Gasteiger partial charge in [0.05, 0.1) is 0 Å². The van der Waals surface area contributed by atoms with E-state index in [0.717, 1.165) is 5.56 Å². The number of benzene rings is 1. The van der Waals surface area contributed by atoms with Gasteiger partial charge in [-0.2, -0.15) is 0 Å². The zero-order valence-electron chi connectivity index (χ0n) is 13.5. The molecular formula is C14H23ClN6O4. The zero-order chi connectivity index (χ0) is 17.9. The van der Waals surface area contributed by atoms with Crippen molar-refractivity contribution in [1.29, 1.82) is 5.41 Å². The molecule has 11 heteroatoms. The van der Waals surface area contributed by atoms with Crippen molar-refractivity contribution in [3.63, 3.8) is 0 Å². The Morgan fingerprint density at radius 1 is 1.36 bits per heavy atom. The van der Waals surface area contributed by atoms with Crippen molar-refractivity contribution in [3.05, 3.63) is 46.0 Å². The van der Waals surface area contributed by atoms with Crippen LogP contribution in [0.1, 0.15) is 18.4 Å². The number of halogens is 1. The standard InChI is InChI=1S/C14H22N6O4.ClH/c15-14(16)17-8-4-7-11(19-20(23)24)13(22)18-12(21)9-10-5-2-1-3-6-10;/h1-3,5-6,11-12,19,21H,4,7-9H2,(H,18,22)(H4,15,16,17);1H/t11-,12?;/m0./s1. The molecule has 1 aromatic rings. The van der Waals surface area contributed by atoms with Crippen LogP contribution in [0.5, 0.6) is 0 Å². The van der Waals surface area contributed by atoms with Crippen LogP contribution in [0.3, 0.4) is 0 Å². The third kappa shape index (κ3) is 9.99. The maximum atomic E-state index is 12.1. The molecule has 0 saturated heterocycles. The first-order chi connectivity index (χ1) is 11.4. The molecule has 0 radical (unpaired) electrons. The van der Waals surface area contributed by atoms with Gasteiger partial charge in [0.25, 0.3) is 0 Å². The molecule has 0 fully saturated rings. The second kappa shape index (κ2) is 11.9. The van der Waals surface area contributed by atoms with E-state index in [4.69, 9.17) is 11.1 Å². The first-order valence-corrected chi connectivity index (χ1v) is 7.39. The number of nitrogens with two attached hydrogens (primary N) is 1. The molecule has 1 rings (SSSR count). The van der Waals surface area contributed by atoms with Gasteiger partial charge in [-0.15, -0.1) is 17.8 Å². The summed E-state index contributed by atoms with van der Waals surface area (Å²) in [5.74, 6) is -0.880. The van der Waals surface area contributed by atoms with Crippen LogP contribution in [0.25, 0.3) is 0 Å². The number of amides is 1. The maximum Gasteiger partial charge on any atom is 0.250 e. The fourth-order valence-electron chi connectivity index (χ4n) is 2.06. The highest BCUT2D eigenvalue weighted by atomic mass is 35.5. The molecule has 1 amide bonds. The third-order valence-corrected chi connectivity index (χ3v) is 3.14. The number of nitro groups is 1. The number of carbonyl (C=O) groups excluding carboxylic acids is 1. The fraction of sp³-hybridized carbons (Fsp3) is 0.429. The monoisotopic (exact) mass is 374 g/mol. The van der Waals surface area contributed by atoms with E-state index in [2.05, 4.69) is 10.6 Å². The maximum absolute atomic E-state index is 12.1. The largest absolute Gasteiger partial charge is 0.373 e. The summed E-state index contributed by atoms with van der Waals surface area (Å²) in [6, 6.07) is 7.96. The molecule has 0 aliphatic heterocycles. The van der Waals surface area contributed by atoms with Crippen molar-refractivity contribution < 1.29 is 14.9 Å². The summed E-state index contributed by atoms with van der Waals surface area (Å²) in [7, 11) is 0. The number of aliphatic hydroxyl groups excluding tert-OH is 1. The van der Waals surface area contributed by atoms with Crippen molar-refractivity contribution in [2.45, 2.75) is 31.5 Å². The number of carbonyl (C=O) groups is 1. The number of hydrogen-bond donors (Lipinski definition) is 6. The lowest BCUT2D eigenvalue weighted by atomic mass is 10.1. The van der Waals surface area contributed by atoms with Crippen molar-refractivity contribution in [2.24, 2.45) is 5.73 Å². The number of hydrazine groups is 1. The average Bonchev–Trinajstić information content (AvgIpc) is 2.50. The fourth-order valence-corrected chi connectivity index (χ4v) is 2.06. The number of guanidine groups is 1. The van der Waals surface area contributed by atoms with E-state index in [0.29, 0.717) is 13.0 Å². The second-order valence-corrected chi connectivity index (χ2v) is 5.14. The Bertz CT molecular complexity index is 560. The topological polar surface area (TPSA) is 166 Å². The Morgan fingerprint density at radius 3 is 2.56 bits per heavy atom. The quantitative estimate of drug-likeness (QED) is 0.0801. The van der Waals surface area contributed by atoms with E-state index in [1.807, 2.05) is 23.6 Å². The van der Waals surface area contributed by atoms with E-state index in [1.54, 1.807) is 12.1 Å². The predicted octanol–water partition coefficient (Wildman–Crippen LogP) is -0.501. The highest BCUT2D eigenvalue weighted by Crippen LogP contribution is 2.03. The lowest BCUT2D eigenvalue weighted by molar-refractivity contribution is -0.548.